The molecule has 8 heteroatoms. The van der Waals surface area contributed by atoms with E-state index in [0.29, 0.717) is 5.69 Å². The molecule has 0 bridgehead atoms. The van der Waals surface area contributed by atoms with Crippen molar-refractivity contribution >= 4 is 21.9 Å². The van der Waals surface area contributed by atoms with Gasteiger partial charge in [-0.3, -0.25) is 4.72 Å². The van der Waals surface area contributed by atoms with Crippen LogP contribution in [-0.2, 0) is 10.2 Å². The predicted octanol–water partition coefficient (Wildman–Crippen LogP) is 0.924. The lowest BCUT2D eigenvalue weighted by Gasteiger charge is -2.10. The molecule has 0 aliphatic heterocycles. The molecular weight excluding hydrogens is 258 g/mol. The Kier molecular flexibility index (Phi) is 4.36. The number of aromatic nitrogens is 1. The minimum absolute atomic E-state index is 0.0243. The van der Waals surface area contributed by atoms with Crippen LogP contribution in [-0.4, -0.2) is 31.0 Å². The fourth-order valence-electron chi connectivity index (χ4n) is 1.34. The number of nitrogens with one attached hydrogen (secondary N) is 3. The van der Waals surface area contributed by atoms with Crippen molar-refractivity contribution in [1.29, 1.82) is 0 Å². The molecule has 0 aliphatic rings. The maximum Gasteiger partial charge on any atom is 0.339 e. The van der Waals surface area contributed by atoms with Crippen molar-refractivity contribution in [2.45, 2.75) is 20.8 Å². The second kappa shape index (κ2) is 5.40. The number of aryl methyl sites for hydroxylation is 1. The molecule has 4 N–H and O–H groups in total. The predicted molar refractivity (Wildman–Crippen MR) is 67.9 cm³/mol. The number of aromatic amines is 1. The van der Waals surface area contributed by atoms with Crippen LogP contribution in [0.2, 0.25) is 0 Å². The summed E-state index contributed by atoms with van der Waals surface area (Å²) < 4.78 is 27.8. The fraction of sp³-hybridized carbons (Fsp3) is 0.500. The maximum absolute atomic E-state index is 11.7. The van der Waals surface area contributed by atoms with Crippen molar-refractivity contribution in [2.24, 2.45) is 5.92 Å². The van der Waals surface area contributed by atoms with E-state index in [9.17, 15) is 13.2 Å². The first-order valence-corrected chi connectivity index (χ1v) is 6.90. The van der Waals surface area contributed by atoms with E-state index in [-0.39, 0.29) is 23.7 Å². The standard InChI is InChI=1S/C10H17N3O4S/c1-6(2)4-12-18(16,17)13-8-5-11-7(3)9(8)10(14)15/h5-6,11-13H,4H2,1-3H3,(H,14,15). The normalized spacial score (nSPS) is 11.8. The minimum Gasteiger partial charge on any atom is -0.478 e. The summed E-state index contributed by atoms with van der Waals surface area (Å²) >= 11 is 0. The second-order valence-corrected chi connectivity index (χ2v) is 5.85. The Labute approximate surface area is 106 Å². The zero-order chi connectivity index (χ0) is 13.9. The summed E-state index contributed by atoms with van der Waals surface area (Å²) in [7, 11) is -3.76. The molecule has 1 aromatic rings. The molecule has 18 heavy (non-hydrogen) atoms. The van der Waals surface area contributed by atoms with Crippen molar-refractivity contribution in [2.75, 3.05) is 11.3 Å². The number of hydrogen-bond acceptors (Lipinski definition) is 3. The number of aromatic carboxylic acids is 1. The average Bonchev–Trinajstić information content (AvgIpc) is 2.56. The van der Waals surface area contributed by atoms with E-state index in [1.807, 2.05) is 13.8 Å². The monoisotopic (exact) mass is 275 g/mol. The molecule has 0 unspecified atom stereocenters. The van der Waals surface area contributed by atoms with Gasteiger partial charge in [0.2, 0.25) is 0 Å². The molecule has 0 amide bonds. The summed E-state index contributed by atoms with van der Waals surface area (Å²) in [5, 5.41) is 8.98. The summed E-state index contributed by atoms with van der Waals surface area (Å²) in [4.78, 5) is 13.7. The zero-order valence-corrected chi connectivity index (χ0v) is 11.3. The summed E-state index contributed by atoms with van der Waals surface area (Å²) in [6, 6.07) is 0. The Morgan fingerprint density at radius 2 is 2.11 bits per heavy atom. The van der Waals surface area contributed by atoms with E-state index < -0.39 is 16.2 Å². The van der Waals surface area contributed by atoms with Gasteiger partial charge >= 0.3 is 5.97 Å². The maximum atomic E-state index is 11.7. The molecule has 1 rings (SSSR count). The Morgan fingerprint density at radius 3 is 2.61 bits per heavy atom. The quantitative estimate of drug-likeness (QED) is 0.618. The van der Waals surface area contributed by atoms with Gasteiger partial charge in [-0.25, -0.2) is 4.79 Å². The smallest absolute Gasteiger partial charge is 0.339 e. The molecule has 1 aromatic heterocycles. The van der Waals surface area contributed by atoms with E-state index in [1.165, 1.54) is 6.20 Å². The Hall–Kier alpha value is -1.54. The SMILES string of the molecule is Cc1[nH]cc(NS(=O)(=O)NCC(C)C)c1C(=O)O. The lowest BCUT2D eigenvalue weighted by atomic mass is 10.2. The van der Waals surface area contributed by atoms with E-state index in [0.717, 1.165) is 0 Å². The van der Waals surface area contributed by atoms with Gasteiger partial charge in [-0.2, -0.15) is 13.1 Å². The number of hydrogen-bond donors (Lipinski definition) is 4. The molecule has 0 radical (unpaired) electrons. The molecule has 0 saturated carbocycles. The van der Waals surface area contributed by atoms with Gasteiger partial charge < -0.3 is 10.1 Å². The molecule has 0 aromatic carbocycles. The van der Waals surface area contributed by atoms with Crippen LogP contribution in [0.5, 0.6) is 0 Å². The molecule has 0 spiro atoms. The Balaban J connectivity index is 2.88. The summed E-state index contributed by atoms with van der Waals surface area (Å²) in [6.07, 6.45) is 1.31. The van der Waals surface area contributed by atoms with Crippen LogP contribution in [0, 0.1) is 12.8 Å². The number of rotatable bonds is 6. The third kappa shape index (κ3) is 3.74. The van der Waals surface area contributed by atoms with Crippen molar-refractivity contribution < 1.29 is 18.3 Å². The first-order chi connectivity index (χ1) is 8.23. The molecule has 1 heterocycles. The number of anilines is 1. The topological polar surface area (TPSA) is 111 Å². The number of carbonyl (C=O) groups is 1. The van der Waals surface area contributed by atoms with Crippen LogP contribution in [0.3, 0.4) is 0 Å². The van der Waals surface area contributed by atoms with Gasteiger partial charge in [0.1, 0.15) is 5.56 Å². The van der Waals surface area contributed by atoms with Gasteiger partial charge in [0.05, 0.1) is 5.69 Å². The van der Waals surface area contributed by atoms with Gasteiger partial charge in [-0.1, -0.05) is 13.8 Å². The molecule has 0 atom stereocenters. The number of H-pyrrole nitrogens is 1. The Bertz CT molecular complexity index is 533. The van der Waals surface area contributed by atoms with Crippen LogP contribution < -0.4 is 9.44 Å². The van der Waals surface area contributed by atoms with Crippen molar-refractivity contribution in [3.8, 4) is 0 Å². The van der Waals surface area contributed by atoms with Gasteiger partial charge in [0.15, 0.2) is 0 Å². The highest BCUT2D eigenvalue weighted by Crippen LogP contribution is 2.19. The number of carboxylic acid groups (broad SMARTS) is 1. The highest BCUT2D eigenvalue weighted by molar-refractivity contribution is 7.90. The number of carboxylic acids is 1. The van der Waals surface area contributed by atoms with E-state index >= 15 is 0 Å². The highest BCUT2D eigenvalue weighted by atomic mass is 32.2. The molecular formula is C10H17N3O4S. The third-order valence-corrected chi connectivity index (χ3v) is 3.25. The fourth-order valence-corrected chi connectivity index (χ4v) is 2.42. The first kappa shape index (κ1) is 14.5. The van der Waals surface area contributed by atoms with E-state index in [4.69, 9.17) is 5.11 Å². The van der Waals surface area contributed by atoms with Crippen molar-refractivity contribution in [3.63, 3.8) is 0 Å². The van der Waals surface area contributed by atoms with Crippen LogP contribution in [0.25, 0.3) is 0 Å². The largest absolute Gasteiger partial charge is 0.478 e. The Morgan fingerprint density at radius 1 is 1.50 bits per heavy atom. The van der Waals surface area contributed by atoms with E-state index in [1.54, 1.807) is 6.92 Å². The average molecular weight is 275 g/mol. The molecule has 102 valence electrons. The molecule has 0 saturated heterocycles. The second-order valence-electron chi connectivity index (χ2n) is 4.36. The molecule has 0 fully saturated rings. The van der Waals surface area contributed by atoms with Crippen LogP contribution in [0.4, 0.5) is 5.69 Å². The van der Waals surface area contributed by atoms with Gasteiger partial charge in [-0.05, 0) is 12.8 Å². The first-order valence-electron chi connectivity index (χ1n) is 5.41. The van der Waals surface area contributed by atoms with Crippen LogP contribution >= 0.6 is 0 Å². The lowest BCUT2D eigenvalue weighted by molar-refractivity contribution is 0.0697. The minimum atomic E-state index is -3.76. The van der Waals surface area contributed by atoms with Crippen molar-refractivity contribution in [1.82, 2.24) is 9.71 Å². The van der Waals surface area contributed by atoms with Crippen LogP contribution in [0.15, 0.2) is 6.20 Å². The summed E-state index contributed by atoms with van der Waals surface area (Å²) in [5.74, 6) is -1.02. The van der Waals surface area contributed by atoms with Gasteiger partial charge in [0, 0.05) is 18.4 Å². The highest BCUT2D eigenvalue weighted by Gasteiger charge is 2.19. The summed E-state index contributed by atoms with van der Waals surface area (Å²) in [6.45, 7) is 5.57. The third-order valence-electron chi connectivity index (χ3n) is 2.22. The zero-order valence-electron chi connectivity index (χ0n) is 10.4. The van der Waals surface area contributed by atoms with Gasteiger partial charge in [0.25, 0.3) is 10.2 Å². The molecule has 7 nitrogen and oxygen atoms in total. The van der Waals surface area contributed by atoms with Crippen molar-refractivity contribution in [3.05, 3.63) is 17.5 Å². The van der Waals surface area contributed by atoms with Gasteiger partial charge in [-0.15, -0.1) is 0 Å². The summed E-state index contributed by atoms with van der Waals surface area (Å²) in [5.41, 5.74) is 0.338. The van der Waals surface area contributed by atoms with E-state index in [2.05, 4.69) is 14.4 Å². The van der Waals surface area contributed by atoms with Crippen LogP contribution in [0.1, 0.15) is 29.9 Å². The lowest BCUT2D eigenvalue weighted by Crippen LogP contribution is -2.33. The molecule has 0 aliphatic carbocycles.